The van der Waals surface area contributed by atoms with E-state index >= 15 is 0 Å². The summed E-state index contributed by atoms with van der Waals surface area (Å²) in [4.78, 5) is 0. The van der Waals surface area contributed by atoms with Crippen molar-refractivity contribution in [2.45, 2.75) is 38.0 Å². The van der Waals surface area contributed by atoms with Crippen molar-refractivity contribution in [3.05, 3.63) is 28.8 Å². The zero-order valence-electron chi connectivity index (χ0n) is 9.35. The number of hydrogen-bond acceptors (Lipinski definition) is 1. The molecule has 0 bridgehead atoms. The molecule has 0 spiro atoms. The summed E-state index contributed by atoms with van der Waals surface area (Å²) in [5, 5.41) is 0.805. The first kappa shape index (κ1) is 10.8. The number of ether oxygens (including phenoxy) is 1. The highest BCUT2D eigenvalue weighted by atomic mass is 35.5. The number of methoxy groups -OCH3 is 1. The largest absolute Gasteiger partial charge is 0.496 e. The summed E-state index contributed by atoms with van der Waals surface area (Å²) in [6.45, 7) is 2.31. The number of rotatable bonds is 2. The molecule has 0 radical (unpaired) electrons. The van der Waals surface area contributed by atoms with Crippen LogP contribution in [0.2, 0.25) is 5.02 Å². The third kappa shape index (κ3) is 1.98. The summed E-state index contributed by atoms with van der Waals surface area (Å²) < 4.78 is 5.42. The van der Waals surface area contributed by atoms with Crippen molar-refractivity contribution in [3.63, 3.8) is 0 Å². The quantitative estimate of drug-likeness (QED) is 0.732. The van der Waals surface area contributed by atoms with Gasteiger partial charge in [0.2, 0.25) is 0 Å². The lowest BCUT2D eigenvalue weighted by Gasteiger charge is -2.26. The molecule has 0 aromatic heterocycles. The van der Waals surface area contributed by atoms with Gasteiger partial charge in [0, 0.05) is 10.6 Å². The lowest BCUT2D eigenvalue weighted by molar-refractivity contribution is 0.386. The topological polar surface area (TPSA) is 9.23 Å². The van der Waals surface area contributed by atoms with Crippen molar-refractivity contribution in [1.29, 1.82) is 0 Å². The van der Waals surface area contributed by atoms with Gasteiger partial charge in [0.25, 0.3) is 0 Å². The van der Waals surface area contributed by atoms with Gasteiger partial charge in [0.1, 0.15) is 5.75 Å². The fraction of sp³-hybridized carbons (Fsp3) is 0.538. The molecule has 0 amide bonds. The first-order chi connectivity index (χ1) is 7.15. The highest BCUT2D eigenvalue weighted by molar-refractivity contribution is 6.30. The summed E-state index contributed by atoms with van der Waals surface area (Å²) in [6.07, 6.45) is 5.10. The van der Waals surface area contributed by atoms with Gasteiger partial charge in [-0.05, 0) is 36.5 Å². The Labute approximate surface area is 96.4 Å². The van der Waals surface area contributed by atoms with E-state index in [1.165, 1.54) is 31.2 Å². The maximum Gasteiger partial charge on any atom is 0.122 e. The Morgan fingerprint density at radius 2 is 1.93 bits per heavy atom. The first-order valence-corrected chi connectivity index (χ1v) is 5.87. The molecule has 0 atom stereocenters. The average molecular weight is 225 g/mol. The van der Waals surface area contributed by atoms with Crippen molar-refractivity contribution in [2.75, 3.05) is 7.11 Å². The van der Waals surface area contributed by atoms with Crippen LogP contribution < -0.4 is 4.74 Å². The van der Waals surface area contributed by atoms with E-state index in [9.17, 15) is 0 Å². The Kier molecular flexibility index (Phi) is 2.92. The van der Waals surface area contributed by atoms with Gasteiger partial charge in [-0.3, -0.25) is 0 Å². The first-order valence-electron chi connectivity index (χ1n) is 5.50. The lowest BCUT2D eigenvalue weighted by Crippen LogP contribution is -2.17. The van der Waals surface area contributed by atoms with Crippen molar-refractivity contribution in [1.82, 2.24) is 0 Å². The standard InChI is InChI=1S/C13H17ClO/c1-13(7-3-4-8-13)11-9-10(14)5-6-12(11)15-2/h5-6,9H,3-4,7-8H2,1-2H3. The molecule has 0 N–H and O–H groups in total. The fourth-order valence-corrected chi connectivity index (χ4v) is 2.75. The van der Waals surface area contributed by atoms with E-state index in [4.69, 9.17) is 16.3 Å². The predicted molar refractivity (Wildman–Crippen MR) is 63.8 cm³/mol. The van der Waals surface area contributed by atoms with Gasteiger partial charge >= 0.3 is 0 Å². The van der Waals surface area contributed by atoms with E-state index in [1.54, 1.807) is 7.11 Å². The highest BCUT2D eigenvalue weighted by Crippen LogP contribution is 2.44. The summed E-state index contributed by atoms with van der Waals surface area (Å²) in [5.41, 5.74) is 1.53. The van der Waals surface area contributed by atoms with Gasteiger partial charge in [-0.15, -0.1) is 0 Å². The van der Waals surface area contributed by atoms with Crippen LogP contribution in [0.4, 0.5) is 0 Å². The van der Waals surface area contributed by atoms with Crippen LogP contribution in [-0.4, -0.2) is 7.11 Å². The molecule has 1 saturated carbocycles. The molecule has 0 aliphatic heterocycles. The molecular formula is C13H17ClO. The van der Waals surface area contributed by atoms with E-state index in [-0.39, 0.29) is 5.41 Å². The smallest absolute Gasteiger partial charge is 0.122 e. The lowest BCUT2D eigenvalue weighted by atomic mass is 9.80. The molecule has 1 aliphatic carbocycles. The van der Waals surface area contributed by atoms with Gasteiger partial charge in [-0.25, -0.2) is 0 Å². The third-order valence-electron chi connectivity index (χ3n) is 3.52. The molecule has 0 saturated heterocycles. The molecular weight excluding hydrogens is 208 g/mol. The molecule has 1 fully saturated rings. The molecule has 0 unspecified atom stereocenters. The van der Waals surface area contributed by atoms with Crippen LogP contribution in [0.1, 0.15) is 38.2 Å². The van der Waals surface area contributed by atoms with Crippen molar-refractivity contribution in [3.8, 4) is 5.75 Å². The molecule has 1 aromatic carbocycles. The van der Waals surface area contributed by atoms with Crippen LogP contribution >= 0.6 is 11.6 Å². The van der Waals surface area contributed by atoms with Gasteiger partial charge in [-0.1, -0.05) is 31.4 Å². The Morgan fingerprint density at radius 3 is 2.53 bits per heavy atom. The molecule has 82 valence electrons. The summed E-state index contributed by atoms with van der Waals surface area (Å²) in [6, 6.07) is 5.93. The average Bonchev–Trinajstić information content (AvgIpc) is 2.66. The maximum absolute atomic E-state index is 6.06. The SMILES string of the molecule is COc1ccc(Cl)cc1C1(C)CCCC1. The fourth-order valence-electron chi connectivity index (χ4n) is 2.58. The molecule has 2 heteroatoms. The van der Waals surface area contributed by atoms with Crippen molar-refractivity contribution in [2.24, 2.45) is 0 Å². The van der Waals surface area contributed by atoms with Crippen LogP contribution in [0.15, 0.2) is 18.2 Å². The molecule has 2 rings (SSSR count). The summed E-state index contributed by atoms with van der Waals surface area (Å²) in [5.74, 6) is 0.976. The molecule has 1 aromatic rings. The Hall–Kier alpha value is -0.690. The molecule has 1 nitrogen and oxygen atoms in total. The minimum Gasteiger partial charge on any atom is -0.496 e. The van der Waals surface area contributed by atoms with E-state index in [0.29, 0.717) is 0 Å². The zero-order chi connectivity index (χ0) is 10.9. The van der Waals surface area contributed by atoms with Crippen LogP contribution in [-0.2, 0) is 5.41 Å². The molecule has 0 heterocycles. The second-order valence-electron chi connectivity index (χ2n) is 4.61. The minimum atomic E-state index is 0.260. The van der Waals surface area contributed by atoms with Gasteiger partial charge < -0.3 is 4.74 Å². The highest BCUT2D eigenvalue weighted by Gasteiger charge is 2.33. The third-order valence-corrected chi connectivity index (χ3v) is 3.75. The van der Waals surface area contributed by atoms with E-state index < -0.39 is 0 Å². The summed E-state index contributed by atoms with van der Waals surface area (Å²) >= 11 is 6.06. The van der Waals surface area contributed by atoms with Gasteiger partial charge in [-0.2, -0.15) is 0 Å². The number of benzene rings is 1. The van der Waals surface area contributed by atoms with E-state index in [2.05, 4.69) is 13.0 Å². The Bertz CT molecular complexity index is 354. The van der Waals surface area contributed by atoms with Crippen LogP contribution in [0.3, 0.4) is 0 Å². The monoisotopic (exact) mass is 224 g/mol. The van der Waals surface area contributed by atoms with Crippen LogP contribution in [0.5, 0.6) is 5.75 Å². The Morgan fingerprint density at radius 1 is 1.27 bits per heavy atom. The molecule has 15 heavy (non-hydrogen) atoms. The van der Waals surface area contributed by atoms with E-state index in [0.717, 1.165) is 10.8 Å². The number of hydrogen-bond donors (Lipinski definition) is 0. The van der Waals surface area contributed by atoms with Crippen molar-refractivity contribution < 1.29 is 4.74 Å². The second-order valence-corrected chi connectivity index (χ2v) is 5.05. The Balaban J connectivity index is 2.44. The predicted octanol–water partition coefficient (Wildman–Crippen LogP) is 4.18. The van der Waals surface area contributed by atoms with Gasteiger partial charge in [0.15, 0.2) is 0 Å². The molecule has 1 aliphatic rings. The normalized spacial score (nSPS) is 19.1. The minimum absolute atomic E-state index is 0.260. The zero-order valence-corrected chi connectivity index (χ0v) is 10.1. The van der Waals surface area contributed by atoms with Crippen molar-refractivity contribution >= 4 is 11.6 Å². The van der Waals surface area contributed by atoms with Gasteiger partial charge in [0.05, 0.1) is 7.11 Å². The van der Waals surface area contributed by atoms with Crippen LogP contribution in [0.25, 0.3) is 0 Å². The second kappa shape index (κ2) is 4.05. The number of halogens is 1. The van der Waals surface area contributed by atoms with E-state index in [1.807, 2.05) is 12.1 Å². The summed E-state index contributed by atoms with van der Waals surface area (Å²) in [7, 11) is 1.73. The van der Waals surface area contributed by atoms with Crippen LogP contribution in [0, 0.1) is 0 Å². The maximum atomic E-state index is 6.06.